The number of aromatic nitrogens is 1. The number of Topliss-reactive ketones (excluding diaryl/α,β-unsaturated/α-hetero) is 1. The summed E-state index contributed by atoms with van der Waals surface area (Å²) < 4.78 is 5.12. The third-order valence-electron chi connectivity index (χ3n) is 4.46. The molecule has 0 amide bonds. The minimum Gasteiger partial charge on any atom is -0.497 e. The Morgan fingerprint density at radius 1 is 1.16 bits per heavy atom. The highest BCUT2D eigenvalue weighted by Crippen LogP contribution is 2.19. The smallest absolute Gasteiger partial charge is 0.164 e. The molecular weight excluding hydrogens is 312 g/mol. The fourth-order valence-electron chi connectivity index (χ4n) is 3.06. The van der Waals surface area contributed by atoms with E-state index in [0.717, 1.165) is 17.7 Å². The van der Waals surface area contributed by atoms with Crippen LogP contribution in [0.15, 0.2) is 54.7 Å². The molecule has 1 aromatic heterocycles. The van der Waals surface area contributed by atoms with Gasteiger partial charge in [-0.05, 0) is 49.2 Å². The Morgan fingerprint density at radius 3 is 2.68 bits per heavy atom. The molecule has 0 fully saturated rings. The highest BCUT2D eigenvalue weighted by molar-refractivity contribution is 5.96. The molecule has 4 heteroatoms. The number of nitrogens with one attached hydrogen (secondary N) is 2. The van der Waals surface area contributed by atoms with E-state index in [4.69, 9.17) is 4.74 Å². The molecule has 3 aromatic rings. The van der Waals surface area contributed by atoms with Crippen LogP contribution in [0, 0.1) is 0 Å². The van der Waals surface area contributed by atoms with Gasteiger partial charge in [-0.3, -0.25) is 4.79 Å². The fraction of sp³-hybridized carbons (Fsp3) is 0.286. The average molecular weight is 336 g/mol. The molecule has 0 aliphatic heterocycles. The summed E-state index contributed by atoms with van der Waals surface area (Å²) in [5.41, 5.74) is 3.20. The largest absolute Gasteiger partial charge is 0.497 e. The van der Waals surface area contributed by atoms with Gasteiger partial charge >= 0.3 is 0 Å². The standard InChI is InChI=1S/C21H24N2O2/c1-15(13-17-14-23-20-6-4-3-5-19(17)20)22-12-11-21(24)16-7-9-18(25-2)10-8-16/h3-10,14-15,22-23H,11-13H2,1-2H3. The molecule has 0 bridgehead atoms. The van der Waals surface area contributed by atoms with Crippen LogP contribution in [0.3, 0.4) is 0 Å². The normalized spacial score (nSPS) is 12.2. The van der Waals surface area contributed by atoms with Crippen molar-refractivity contribution in [2.24, 2.45) is 0 Å². The minimum atomic E-state index is 0.148. The van der Waals surface area contributed by atoms with Gasteiger partial charge in [0.05, 0.1) is 7.11 Å². The maximum absolute atomic E-state index is 12.2. The monoisotopic (exact) mass is 336 g/mol. The van der Waals surface area contributed by atoms with Crippen molar-refractivity contribution in [1.82, 2.24) is 10.3 Å². The topological polar surface area (TPSA) is 54.1 Å². The maximum atomic E-state index is 12.2. The summed E-state index contributed by atoms with van der Waals surface area (Å²) in [4.78, 5) is 15.5. The molecular formula is C21H24N2O2. The predicted octanol–water partition coefficient (Wildman–Crippen LogP) is 3.97. The Kier molecular flexibility index (Phi) is 5.51. The summed E-state index contributed by atoms with van der Waals surface area (Å²) in [6.45, 7) is 2.83. The molecule has 1 atom stereocenters. The first-order chi connectivity index (χ1) is 12.2. The summed E-state index contributed by atoms with van der Waals surface area (Å²) in [7, 11) is 1.62. The number of H-pyrrole nitrogens is 1. The molecule has 4 nitrogen and oxygen atoms in total. The molecule has 2 N–H and O–H groups in total. The van der Waals surface area contributed by atoms with Crippen molar-refractivity contribution in [3.63, 3.8) is 0 Å². The van der Waals surface area contributed by atoms with Crippen molar-refractivity contribution in [2.75, 3.05) is 13.7 Å². The SMILES string of the molecule is COc1ccc(C(=O)CCNC(C)Cc2c[nH]c3ccccc23)cc1. The third kappa shape index (κ3) is 4.28. The molecule has 0 saturated carbocycles. The highest BCUT2D eigenvalue weighted by Gasteiger charge is 2.10. The number of fused-ring (bicyclic) bond motifs is 1. The molecule has 3 rings (SSSR count). The number of benzene rings is 2. The lowest BCUT2D eigenvalue weighted by atomic mass is 10.1. The average Bonchev–Trinajstić information content (AvgIpc) is 3.04. The molecule has 130 valence electrons. The second-order valence-electron chi connectivity index (χ2n) is 6.32. The van der Waals surface area contributed by atoms with Gasteiger partial charge in [0, 0.05) is 41.7 Å². The molecule has 2 aromatic carbocycles. The van der Waals surface area contributed by atoms with Gasteiger partial charge in [-0.1, -0.05) is 18.2 Å². The van der Waals surface area contributed by atoms with Gasteiger partial charge in [-0.15, -0.1) is 0 Å². The maximum Gasteiger partial charge on any atom is 0.164 e. The third-order valence-corrected chi connectivity index (χ3v) is 4.46. The van der Waals surface area contributed by atoms with Crippen molar-refractivity contribution in [3.8, 4) is 5.75 Å². The van der Waals surface area contributed by atoms with Crippen LogP contribution in [0.5, 0.6) is 5.75 Å². The molecule has 0 saturated heterocycles. The Bertz CT molecular complexity index is 836. The van der Waals surface area contributed by atoms with Gasteiger partial charge in [0.2, 0.25) is 0 Å². The Hall–Kier alpha value is -2.59. The zero-order valence-electron chi connectivity index (χ0n) is 14.7. The second kappa shape index (κ2) is 7.99. The minimum absolute atomic E-state index is 0.148. The number of ketones is 1. The van der Waals surface area contributed by atoms with Crippen LogP contribution in [-0.2, 0) is 6.42 Å². The van der Waals surface area contributed by atoms with Crippen molar-refractivity contribution in [1.29, 1.82) is 0 Å². The van der Waals surface area contributed by atoms with E-state index in [1.54, 1.807) is 7.11 Å². The fourth-order valence-corrected chi connectivity index (χ4v) is 3.06. The molecule has 25 heavy (non-hydrogen) atoms. The molecule has 1 unspecified atom stereocenters. The zero-order valence-corrected chi connectivity index (χ0v) is 14.7. The van der Waals surface area contributed by atoms with E-state index in [-0.39, 0.29) is 5.78 Å². The quantitative estimate of drug-likeness (QED) is 0.612. The Labute approximate surface area is 148 Å². The first-order valence-corrected chi connectivity index (χ1v) is 8.63. The van der Waals surface area contributed by atoms with Crippen LogP contribution in [0.2, 0.25) is 0 Å². The number of ether oxygens (including phenoxy) is 1. The van der Waals surface area contributed by atoms with E-state index in [1.165, 1.54) is 16.5 Å². The summed E-state index contributed by atoms with van der Waals surface area (Å²) in [5.74, 6) is 0.913. The highest BCUT2D eigenvalue weighted by atomic mass is 16.5. The zero-order chi connectivity index (χ0) is 17.6. The van der Waals surface area contributed by atoms with Gasteiger partial charge in [0.25, 0.3) is 0 Å². The number of carbonyl (C=O) groups excluding carboxylic acids is 1. The van der Waals surface area contributed by atoms with Crippen molar-refractivity contribution >= 4 is 16.7 Å². The van der Waals surface area contributed by atoms with Crippen LogP contribution in [0.4, 0.5) is 0 Å². The summed E-state index contributed by atoms with van der Waals surface area (Å²) in [6, 6.07) is 15.9. The van der Waals surface area contributed by atoms with Crippen LogP contribution >= 0.6 is 0 Å². The molecule has 0 aliphatic carbocycles. The lowest BCUT2D eigenvalue weighted by Gasteiger charge is -2.13. The van der Waals surface area contributed by atoms with E-state index < -0.39 is 0 Å². The molecule has 0 radical (unpaired) electrons. The summed E-state index contributed by atoms with van der Waals surface area (Å²) in [6.07, 6.45) is 3.50. The van der Waals surface area contributed by atoms with Gasteiger partial charge < -0.3 is 15.0 Å². The Morgan fingerprint density at radius 2 is 1.92 bits per heavy atom. The number of para-hydroxylation sites is 1. The predicted molar refractivity (Wildman–Crippen MR) is 101 cm³/mol. The van der Waals surface area contributed by atoms with Crippen molar-refractivity contribution in [2.45, 2.75) is 25.8 Å². The number of hydrogen-bond donors (Lipinski definition) is 2. The van der Waals surface area contributed by atoms with Gasteiger partial charge in [0.15, 0.2) is 5.78 Å². The lowest BCUT2D eigenvalue weighted by Crippen LogP contribution is -2.30. The first-order valence-electron chi connectivity index (χ1n) is 8.63. The molecule has 0 aliphatic rings. The second-order valence-corrected chi connectivity index (χ2v) is 6.32. The van der Waals surface area contributed by atoms with E-state index in [1.807, 2.05) is 30.3 Å². The summed E-state index contributed by atoms with van der Waals surface area (Å²) >= 11 is 0. The molecule has 1 heterocycles. The van der Waals surface area contributed by atoms with Crippen LogP contribution in [0.1, 0.15) is 29.3 Å². The van der Waals surface area contributed by atoms with Crippen LogP contribution < -0.4 is 10.1 Å². The van der Waals surface area contributed by atoms with E-state index in [0.29, 0.717) is 19.0 Å². The summed E-state index contributed by atoms with van der Waals surface area (Å²) in [5, 5.41) is 4.72. The van der Waals surface area contributed by atoms with E-state index in [9.17, 15) is 4.79 Å². The Balaban J connectivity index is 1.48. The van der Waals surface area contributed by atoms with Crippen LogP contribution in [-0.4, -0.2) is 30.5 Å². The number of carbonyl (C=O) groups is 1. The van der Waals surface area contributed by atoms with E-state index in [2.05, 4.69) is 41.6 Å². The number of methoxy groups -OCH3 is 1. The van der Waals surface area contributed by atoms with Gasteiger partial charge in [-0.2, -0.15) is 0 Å². The molecule has 0 spiro atoms. The lowest BCUT2D eigenvalue weighted by molar-refractivity contribution is 0.0982. The van der Waals surface area contributed by atoms with Crippen LogP contribution in [0.25, 0.3) is 10.9 Å². The van der Waals surface area contributed by atoms with Gasteiger partial charge in [0.1, 0.15) is 5.75 Å². The van der Waals surface area contributed by atoms with E-state index >= 15 is 0 Å². The number of hydrogen-bond acceptors (Lipinski definition) is 3. The van der Waals surface area contributed by atoms with Crippen molar-refractivity contribution in [3.05, 3.63) is 65.9 Å². The van der Waals surface area contributed by atoms with Crippen molar-refractivity contribution < 1.29 is 9.53 Å². The number of aromatic amines is 1. The first kappa shape index (κ1) is 17.2. The number of rotatable bonds is 8. The van der Waals surface area contributed by atoms with Gasteiger partial charge in [-0.25, -0.2) is 0 Å².